The molecule has 1 aliphatic heterocycles. The van der Waals surface area contributed by atoms with Gasteiger partial charge < -0.3 is 10.6 Å². The fourth-order valence-electron chi connectivity index (χ4n) is 2.13. The van der Waals surface area contributed by atoms with Gasteiger partial charge in [-0.05, 0) is 24.7 Å². The molecule has 1 aromatic carbocycles. The SMILES string of the molecule is CN1C[C@H](c2ccc(F)c(Cl)c2)[C@@H](N)C1. The zero-order chi connectivity index (χ0) is 11.0. The first kappa shape index (κ1) is 10.9. The molecular formula is C11H14ClFN2. The molecule has 82 valence electrons. The van der Waals surface area contributed by atoms with Gasteiger partial charge in [0.2, 0.25) is 0 Å². The minimum absolute atomic E-state index is 0.108. The number of halogens is 2. The van der Waals surface area contributed by atoms with Crippen molar-refractivity contribution in [2.45, 2.75) is 12.0 Å². The van der Waals surface area contributed by atoms with E-state index in [4.69, 9.17) is 17.3 Å². The van der Waals surface area contributed by atoms with Crippen molar-refractivity contribution in [1.82, 2.24) is 4.90 Å². The summed E-state index contributed by atoms with van der Waals surface area (Å²) in [7, 11) is 2.03. The van der Waals surface area contributed by atoms with E-state index in [0.29, 0.717) is 0 Å². The highest BCUT2D eigenvalue weighted by molar-refractivity contribution is 6.30. The van der Waals surface area contributed by atoms with E-state index in [2.05, 4.69) is 4.90 Å². The molecule has 0 amide bonds. The van der Waals surface area contributed by atoms with Crippen LogP contribution in [-0.4, -0.2) is 31.1 Å². The normalized spacial score (nSPS) is 27.2. The Kier molecular flexibility index (Phi) is 2.96. The minimum Gasteiger partial charge on any atom is -0.326 e. The molecule has 0 spiro atoms. The van der Waals surface area contributed by atoms with Crippen LogP contribution < -0.4 is 5.73 Å². The van der Waals surface area contributed by atoms with Gasteiger partial charge in [-0.1, -0.05) is 17.7 Å². The Morgan fingerprint density at radius 1 is 1.47 bits per heavy atom. The van der Waals surface area contributed by atoms with E-state index in [1.54, 1.807) is 12.1 Å². The second kappa shape index (κ2) is 4.08. The van der Waals surface area contributed by atoms with Crippen molar-refractivity contribution in [1.29, 1.82) is 0 Å². The number of hydrogen-bond acceptors (Lipinski definition) is 2. The molecule has 0 radical (unpaired) electrons. The lowest BCUT2D eigenvalue weighted by molar-refractivity contribution is 0.407. The molecule has 1 aromatic rings. The van der Waals surface area contributed by atoms with Crippen LogP contribution in [0.25, 0.3) is 0 Å². The molecule has 2 nitrogen and oxygen atoms in total. The first-order valence-electron chi connectivity index (χ1n) is 4.97. The van der Waals surface area contributed by atoms with Crippen LogP contribution >= 0.6 is 11.6 Å². The second-order valence-electron chi connectivity index (χ2n) is 4.17. The fourth-order valence-corrected chi connectivity index (χ4v) is 2.32. The lowest BCUT2D eigenvalue weighted by Gasteiger charge is -2.14. The summed E-state index contributed by atoms with van der Waals surface area (Å²) in [6, 6.07) is 4.96. The van der Waals surface area contributed by atoms with Crippen molar-refractivity contribution >= 4 is 11.6 Å². The zero-order valence-corrected chi connectivity index (χ0v) is 9.34. The number of nitrogens with zero attached hydrogens (tertiary/aromatic N) is 1. The van der Waals surface area contributed by atoms with E-state index in [-0.39, 0.29) is 22.8 Å². The highest BCUT2D eigenvalue weighted by Gasteiger charge is 2.29. The molecule has 2 rings (SSSR count). The van der Waals surface area contributed by atoms with Crippen molar-refractivity contribution < 1.29 is 4.39 Å². The quantitative estimate of drug-likeness (QED) is 0.795. The van der Waals surface area contributed by atoms with Gasteiger partial charge in [0.1, 0.15) is 5.82 Å². The first-order valence-corrected chi connectivity index (χ1v) is 5.35. The Labute approximate surface area is 93.8 Å². The van der Waals surface area contributed by atoms with Gasteiger partial charge in [-0.2, -0.15) is 0 Å². The Hall–Kier alpha value is -0.640. The third-order valence-electron chi connectivity index (χ3n) is 2.92. The van der Waals surface area contributed by atoms with Gasteiger partial charge >= 0.3 is 0 Å². The molecule has 0 unspecified atom stereocenters. The topological polar surface area (TPSA) is 29.3 Å². The summed E-state index contributed by atoms with van der Waals surface area (Å²) in [5, 5.41) is 0.175. The average Bonchev–Trinajstić information content (AvgIpc) is 2.50. The Balaban J connectivity index is 2.26. The van der Waals surface area contributed by atoms with Gasteiger partial charge in [0.25, 0.3) is 0 Å². The van der Waals surface area contributed by atoms with Crippen LogP contribution in [-0.2, 0) is 0 Å². The van der Waals surface area contributed by atoms with Crippen LogP contribution in [0, 0.1) is 5.82 Å². The number of rotatable bonds is 1. The van der Waals surface area contributed by atoms with E-state index in [1.807, 2.05) is 7.05 Å². The van der Waals surface area contributed by atoms with Crippen LogP contribution in [0.15, 0.2) is 18.2 Å². The van der Waals surface area contributed by atoms with Gasteiger partial charge in [-0.15, -0.1) is 0 Å². The average molecular weight is 229 g/mol. The molecule has 0 aliphatic carbocycles. The summed E-state index contributed by atoms with van der Waals surface area (Å²) in [6.07, 6.45) is 0. The zero-order valence-electron chi connectivity index (χ0n) is 8.58. The predicted molar refractivity (Wildman–Crippen MR) is 59.6 cm³/mol. The molecular weight excluding hydrogens is 215 g/mol. The predicted octanol–water partition coefficient (Wildman–Crippen LogP) is 1.84. The van der Waals surface area contributed by atoms with E-state index in [9.17, 15) is 4.39 Å². The third-order valence-corrected chi connectivity index (χ3v) is 3.21. The summed E-state index contributed by atoms with van der Waals surface area (Å²) in [4.78, 5) is 2.17. The number of nitrogens with two attached hydrogens (primary N) is 1. The number of hydrogen-bond donors (Lipinski definition) is 1. The highest BCUT2D eigenvalue weighted by Crippen LogP contribution is 2.28. The fraction of sp³-hybridized carbons (Fsp3) is 0.455. The van der Waals surface area contributed by atoms with E-state index < -0.39 is 0 Å². The maximum atomic E-state index is 13.0. The van der Waals surface area contributed by atoms with E-state index >= 15 is 0 Å². The molecule has 2 N–H and O–H groups in total. The molecule has 0 aromatic heterocycles. The molecule has 15 heavy (non-hydrogen) atoms. The summed E-state index contributed by atoms with van der Waals surface area (Å²) in [6.45, 7) is 1.78. The first-order chi connectivity index (χ1) is 7.08. The van der Waals surface area contributed by atoms with Crippen LogP contribution in [0.4, 0.5) is 4.39 Å². The van der Waals surface area contributed by atoms with Crippen LogP contribution in [0.1, 0.15) is 11.5 Å². The number of likely N-dealkylation sites (tertiary alicyclic amines) is 1. The number of likely N-dealkylation sites (N-methyl/N-ethyl adjacent to an activating group) is 1. The number of benzene rings is 1. The van der Waals surface area contributed by atoms with Crippen LogP contribution in [0.3, 0.4) is 0 Å². The van der Waals surface area contributed by atoms with Gasteiger partial charge in [0.15, 0.2) is 0 Å². The standard InChI is InChI=1S/C11H14ClFN2/c1-15-5-8(11(14)6-15)7-2-3-10(13)9(12)4-7/h2-4,8,11H,5-6,14H2,1H3/t8-,11+/m1/s1. The second-order valence-corrected chi connectivity index (χ2v) is 4.57. The highest BCUT2D eigenvalue weighted by atomic mass is 35.5. The van der Waals surface area contributed by atoms with Crippen molar-refractivity contribution in [3.05, 3.63) is 34.6 Å². The minimum atomic E-state index is -0.375. The lowest BCUT2D eigenvalue weighted by Crippen LogP contribution is -2.27. The molecule has 0 bridgehead atoms. The molecule has 4 heteroatoms. The molecule has 1 heterocycles. The summed E-state index contributed by atoms with van der Waals surface area (Å²) >= 11 is 5.75. The molecule has 0 saturated carbocycles. The van der Waals surface area contributed by atoms with E-state index in [1.165, 1.54) is 6.07 Å². The third kappa shape index (κ3) is 2.14. The molecule has 1 saturated heterocycles. The maximum Gasteiger partial charge on any atom is 0.141 e. The molecule has 1 fully saturated rings. The van der Waals surface area contributed by atoms with Crippen LogP contribution in [0.2, 0.25) is 5.02 Å². The van der Waals surface area contributed by atoms with Gasteiger partial charge in [0, 0.05) is 25.0 Å². The molecule has 2 atom stereocenters. The van der Waals surface area contributed by atoms with Crippen molar-refractivity contribution in [2.24, 2.45) is 5.73 Å². The van der Waals surface area contributed by atoms with Crippen molar-refractivity contribution in [2.75, 3.05) is 20.1 Å². The summed E-state index contributed by atoms with van der Waals surface area (Å²) in [5.74, 6) is -0.117. The van der Waals surface area contributed by atoms with Crippen molar-refractivity contribution in [3.8, 4) is 0 Å². The Morgan fingerprint density at radius 2 is 2.20 bits per heavy atom. The Bertz CT molecular complexity index is 370. The molecule has 1 aliphatic rings. The van der Waals surface area contributed by atoms with Gasteiger partial charge in [-0.25, -0.2) is 4.39 Å². The summed E-state index contributed by atoms with van der Waals surface area (Å²) in [5.41, 5.74) is 7.04. The van der Waals surface area contributed by atoms with E-state index in [0.717, 1.165) is 18.7 Å². The Morgan fingerprint density at radius 3 is 2.73 bits per heavy atom. The van der Waals surface area contributed by atoms with Gasteiger partial charge in [0.05, 0.1) is 5.02 Å². The maximum absolute atomic E-state index is 13.0. The summed E-state index contributed by atoms with van der Waals surface area (Å²) < 4.78 is 13.0. The largest absolute Gasteiger partial charge is 0.326 e. The van der Waals surface area contributed by atoms with Gasteiger partial charge in [-0.3, -0.25) is 0 Å². The van der Waals surface area contributed by atoms with Crippen molar-refractivity contribution in [3.63, 3.8) is 0 Å². The van der Waals surface area contributed by atoms with Crippen LogP contribution in [0.5, 0.6) is 0 Å². The monoisotopic (exact) mass is 228 g/mol. The smallest absolute Gasteiger partial charge is 0.141 e. The lowest BCUT2D eigenvalue weighted by atomic mass is 9.95.